The fourth-order valence-corrected chi connectivity index (χ4v) is 9.99. The molecule has 0 saturated carbocycles. The van der Waals surface area contributed by atoms with E-state index in [1.165, 1.54) is 86.2 Å². The first kappa shape index (κ1) is 22.6. The van der Waals surface area contributed by atoms with Gasteiger partial charge in [0.05, 0.1) is 11.4 Å². The molecule has 192 valence electrons. The van der Waals surface area contributed by atoms with Gasteiger partial charge in [0.2, 0.25) is 0 Å². The summed E-state index contributed by atoms with van der Waals surface area (Å²) in [7, 11) is 2.26. The van der Waals surface area contributed by atoms with E-state index in [1.807, 2.05) is 23.5 Å². The molecule has 0 bridgehead atoms. The highest BCUT2D eigenvalue weighted by Crippen LogP contribution is 2.53. The number of aromatic nitrogens is 1. The molecule has 1 aliphatic carbocycles. The molecule has 0 saturated heterocycles. The van der Waals surface area contributed by atoms with Crippen LogP contribution in [-0.4, -0.2) is 18.4 Å². The molecule has 41 heavy (non-hydrogen) atoms. The Kier molecular flexibility index (Phi) is 4.43. The maximum absolute atomic E-state index is 2.52. The smallest absolute Gasteiger partial charge is 0.330 e. The molecule has 10 rings (SSSR count). The monoisotopic (exact) mass is 558 g/mol. The SMILES string of the molecule is CN1c2cc3c(cc2Sc2cccc(-c4cccc5c4CC=C5)c21)Sc1cccc2c1B3n1ccc3cccc-2c31. The molecular formula is C36H23BN2S2. The van der Waals surface area contributed by atoms with Gasteiger partial charge >= 0.3 is 6.85 Å². The van der Waals surface area contributed by atoms with E-state index in [0.29, 0.717) is 0 Å². The van der Waals surface area contributed by atoms with Gasteiger partial charge in [-0.25, -0.2) is 0 Å². The summed E-state index contributed by atoms with van der Waals surface area (Å²) in [6.07, 6.45) is 7.85. The molecule has 5 aromatic carbocycles. The largest absolute Gasteiger partial charge is 0.382 e. The van der Waals surface area contributed by atoms with Crippen molar-refractivity contribution >= 4 is 69.7 Å². The molecule has 1 aromatic heterocycles. The van der Waals surface area contributed by atoms with Crippen LogP contribution in [0.2, 0.25) is 0 Å². The van der Waals surface area contributed by atoms with Gasteiger partial charge in [0, 0.05) is 43.3 Å². The number of nitrogens with zero attached hydrogens (tertiary/aromatic N) is 2. The van der Waals surface area contributed by atoms with Gasteiger partial charge in [0.1, 0.15) is 0 Å². The number of benzene rings is 5. The molecule has 0 radical (unpaired) electrons. The fourth-order valence-electron chi connectivity index (χ4n) is 7.53. The summed E-state index contributed by atoms with van der Waals surface area (Å²) in [5, 5.41) is 1.31. The van der Waals surface area contributed by atoms with Gasteiger partial charge < -0.3 is 9.38 Å². The number of hydrogen-bond donors (Lipinski definition) is 0. The Morgan fingerprint density at radius 2 is 1.49 bits per heavy atom. The molecule has 0 spiro atoms. The zero-order chi connectivity index (χ0) is 26.8. The lowest BCUT2D eigenvalue weighted by atomic mass is 9.47. The maximum atomic E-state index is 2.52. The van der Waals surface area contributed by atoms with E-state index < -0.39 is 0 Å². The minimum Gasteiger partial charge on any atom is -0.382 e. The Labute approximate surface area is 247 Å². The van der Waals surface area contributed by atoms with Gasteiger partial charge in [0.25, 0.3) is 0 Å². The minimum absolute atomic E-state index is 0.175. The first-order chi connectivity index (χ1) is 20.2. The van der Waals surface area contributed by atoms with Gasteiger partial charge in [0.15, 0.2) is 0 Å². The topological polar surface area (TPSA) is 8.17 Å². The van der Waals surface area contributed by atoms with Crippen LogP contribution in [0.15, 0.2) is 123 Å². The lowest BCUT2D eigenvalue weighted by Crippen LogP contribution is -2.54. The normalized spacial score (nSPS) is 15.0. The molecule has 4 aliphatic rings. The minimum atomic E-state index is 0.175. The average Bonchev–Trinajstić information content (AvgIpc) is 3.66. The van der Waals surface area contributed by atoms with Gasteiger partial charge in [-0.2, -0.15) is 0 Å². The number of para-hydroxylation sites is 2. The highest BCUT2D eigenvalue weighted by Gasteiger charge is 2.40. The average molecular weight is 559 g/mol. The molecule has 0 amide bonds. The number of hydrogen-bond acceptors (Lipinski definition) is 3. The second-order valence-corrected chi connectivity index (χ2v) is 13.5. The molecule has 0 N–H and O–H groups in total. The number of fused-ring (bicyclic) bond motifs is 7. The van der Waals surface area contributed by atoms with Gasteiger partial charge in [-0.3, -0.25) is 0 Å². The quantitative estimate of drug-likeness (QED) is 0.188. The van der Waals surface area contributed by atoms with E-state index in [-0.39, 0.29) is 6.85 Å². The lowest BCUT2D eigenvalue weighted by molar-refractivity contribution is 1.10. The van der Waals surface area contributed by atoms with Gasteiger partial charge in [-0.1, -0.05) is 96.3 Å². The Morgan fingerprint density at radius 3 is 2.44 bits per heavy atom. The Balaban J connectivity index is 1.18. The Hall–Kier alpha value is -4.06. The molecular weight excluding hydrogens is 535 g/mol. The molecule has 0 unspecified atom stereocenters. The van der Waals surface area contributed by atoms with Crippen LogP contribution in [0.25, 0.3) is 39.2 Å². The fraction of sp³-hybridized carbons (Fsp3) is 0.0556. The van der Waals surface area contributed by atoms with Crippen molar-refractivity contribution in [1.82, 2.24) is 4.48 Å². The molecule has 0 atom stereocenters. The standard InChI is InChI=1S/C36H23BN2S2/c1-38-29-19-28-32(40-30-15-5-12-25-27-13-4-9-22-17-18-39(35(22)27)37(28)34(25)30)20-33(29)41-31-16-6-14-26(36(31)38)24-11-3-8-21-7-2-10-23(21)24/h2-9,11-20H,10H2,1H3. The van der Waals surface area contributed by atoms with Crippen molar-refractivity contribution in [3.8, 4) is 22.3 Å². The van der Waals surface area contributed by atoms with Crippen molar-refractivity contribution in [2.75, 3.05) is 11.9 Å². The Bertz CT molecular complexity index is 2180. The third-order valence-corrected chi connectivity index (χ3v) is 11.5. The predicted octanol–water partition coefficient (Wildman–Crippen LogP) is 8.21. The highest BCUT2D eigenvalue weighted by atomic mass is 32.2. The number of rotatable bonds is 1. The number of anilines is 2. The van der Waals surface area contributed by atoms with Crippen molar-refractivity contribution in [3.63, 3.8) is 0 Å². The van der Waals surface area contributed by atoms with E-state index in [2.05, 4.69) is 126 Å². The van der Waals surface area contributed by atoms with Crippen LogP contribution in [0.1, 0.15) is 11.1 Å². The van der Waals surface area contributed by atoms with Crippen molar-refractivity contribution in [2.45, 2.75) is 26.0 Å². The summed E-state index contributed by atoms with van der Waals surface area (Å²) in [5.41, 5.74) is 15.0. The van der Waals surface area contributed by atoms with Crippen LogP contribution in [0, 0.1) is 0 Å². The molecule has 2 nitrogen and oxygen atoms in total. The second-order valence-electron chi connectivity index (χ2n) is 11.3. The van der Waals surface area contributed by atoms with Crippen LogP contribution < -0.4 is 15.8 Å². The Morgan fingerprint density at radius 1 is 0.707 bits per heavy atom. The molecule has 5 heteroatoms. The summed E-state index contributed by atoms with van der Waals surface area (Å²) < 4.78 is 2.52. The van der Waals surface area contributed by atoms with Crippen molar-refractivity contribution in [3.05, 3.63) is 114 Å². The summed E-state index contributed by atoms with van der Waals surface area (Å²) in [4.78, 5) is 7.85. The van der Waals surface area contributed by atoms with E-state index in [1.54, 1.807) is 0 Å². The summed E-state index contributed by atoms with van der Waals surface area (Å²) in [5.74, 6) is 0. The van der Waals surface area contributed by atoms with Crippen molar-refractivity contribution in [1.29, 1.82) is 0 Å². The predicted molar refractivity (Wildman–Crippen MR) is 175 cm³/mol. The van der Waals surface area contributed by atoms with Crippen molar-refractivity contribution in [2.24, 2.45) is 0 Å². The second kappa shape index (κ2) is 8.03. The first-order valence-electron chi connectivity index (χ1n) is 14.2. The highest BCUT2D eigenvalue weighted by molar-refractivity contribution is 8.00. The molecule has 6 aromatic rings. The van der Waals surface area contributed by atoms with E-state index in [0.717, 1.165) is 6.42 Å². The summed E-state index contributed by atoms with van der Waals surface area (Å²) in [6, 6.07) is 34.4. The zero-order valence-corrected chi connectivity index (χ0v) is 24.0. The lowest BCUT2D eigenvalue weighted by Gasteiger charge is -2.36. The van der Waals surface area contributed by atoms with Crippen LogP contribution in [0.4, 0.5) is 11.4 Å². The van der Waals surface area contributed by atoms with E-state index in [4.69, 9.17) is 0 Å². The van der Waals surface area contributed by atoms with E-state index in [9.17, 15) is 0 Å². The number of allylic oxidation sites excluding steroid dienone is 1. The van der Waals surface area contributed by atoms with Crippen LogP contribution in [0.3, 0.4) is 0 Å². The zero-order valence-electron chi connectivity index (χ0n) is 22.4. The summed E-state index contributed by atoms with van der Waals surface area (Å²) >= 11 is 3.85. The molecule has 4 heterocycles. The van der Waals surface area contributed by atoms with Crippen molar-refractivity contribution < 1.29 is 0 Å². The van der Waals surface area contributed by atoms with Crippen LogP contribution in [-0.2, 0) is 6.42 Å². The third kappa shape index (κ3) is 2.93. The van der Waals surface area contributed by atoms with Gasteiger partial charge in [-0.15, -0.1) is 0 Å². The van der Waals surface area contributed by atoms with E-state index >= 15 is 0 Å². The molecule has 0 fully saturated rings. The molecule has 3 aliphatic heterocycles. The van der Waals surface area contributed by atoms with Gasteiger partial charge in [-0.05, 0) is 81.5 Å². The summed E-state index contributed by atoms with van der Waals surface area (Å²) in [6.45, 7) is 0.175. The maximum Gasteiger partial charge on any atom is 0.330 e. The van der Waals surface area contributed by atoms with Crippen LogP contribution >= 0.6 is 23.5 Å². The third-order valence-electron chi connectivity index (χ3n) is 9.29. The van der Waals surface area contributed by atoms with Crippen LogP contribution in [0.5, 0.6) is 0 Å². The first-order valence-corrected chi connectivity index (χ1v) is 15.8.